The lowest BCUT2D eigenvalue weighted by molar-refractivity contribution is -0.188. The number of fused-ring (bicyclic) bond motifs is 1. The Morgan fingerprint density at radius 3 is 2.77 bits per heavy atom. The van der Waals surface area contributed by atoms with E-state index in [0.29, 0.717) is 18.1 Å². The second-order valence-corrected chi connectivity index (χ2v) is 8.25. The van der Waals surface area contributed by atoms with Crippen molar-refractivity contribution in [2.45, 2.75) is 38.8 Å². The highest BCUT2D eigenvalue weighted by Gasteiger charge is 2.58. The summed E-state index contributed by atoms with van der Waals surface area (Å²) >= 11 is 0. The van der Waals surface area contributed by atoms with Crippen LogP contribution >= 0.6 is 0 Å². The first-order chi connectivity index (χ1) is 12.6. The number of nitrogens with one attached hydrogen (secondary N) is 1. The minimum absolute atomic E-state index is 0.163. The SMILES string of the molecule is CN=C(NC1C2CCCOC2C1(C)C)N1CCN(c2ccccn2)CC1. The van der Waals surface area contributed by atoms with Crippen LogP contribution in [0.15, 0.2) is 29.4 Å². The number of hydrogen-bond donors (Lipinski definition) is 1. The molecule has 0 bridgehead atoms. The lowest BCUT2D eigenvalue weighted by Crippen LogP contribution is -2.71. The molecule has 142 valence electrons. The summed E-state index contributed by atoms with van der Waals surface area (Å²) in [6, 6.07) is 6.55. The Bertz CT molecular complexity index is 639. The first-order valence-electron chi connectivity index (χ1n) is 9.87. The van der Waals surface area contributed by atoms with Crippen LogP contribution < -0.4 is 10.2 Å². The average molecular weight is 358 g/mol. The summed E-state index contributed by atoms with van der Waals surface area (Å²) < 4.78 is 6.04. The summed E-state index contributed by atoms with van der Waals surface area (Å²) in [7, 11) is 1.90. The van der Waals surface area contributed by atoms with Gasteiger partial charge in [0.25, 0.3) is 0 Å². The number of piperazine rings is 1. The van der Waals surface area contributed by atoms with Crippen LogP contribution in [0.25, 0.3) is 0 Å². The second kappa shape index (κ2) is 7.06. The van der Waals surface area contributed by atoms with Crippen molar-refractivity contribution in [2.75, 3.05) is 44.7 Å². The van der Waals surface area contributed by atoms with Crippen molar-refractivity contribution in [1.29, 1.82) is 0 Å². The number of anilines is 1. The number of aliphatic imine (C=N–C) groups is 1. The third-order valence-electron chi connectivity index (χ3n) is 6.38. The van der Waals surface area contributed by atoms with Crippen molar-refractivity contribution in [3.8, 4) is 0 Å². The number of rotatable bonds is 2. The molecule has 0 amide bonds. The first-order valence-corrected chi connectivity index (χ1v) is 9.87. The molecule has 3 unspecified atom stereocenters. The van der Waals surface area contributed by atoms with Crippen LogP contribution in [-0.2, 0) is 4.74 Å². The minimum Gasteiger partial charge on any atom is -0.377 e. The van der Waals surface area contributed by atoms with Gasteiger partial charge in [-0.2, -0.15) is 0 Å². The highest BCUT2D eigenvalue weighted by molar-refractivity contribution is 5.80. The third kappa shape index (κ3) is 3.04. The fourth-order valence-electron chi connectivity index (χ4n) is 4.94. The van der Waals surface area contributed by atoms with Crippen molar-refractivity contribution in [1.82, 2.24) is 15.2 Å². The number of ether oxygens (including phenoxy) is 1. The quantitative estimate of drug-likeness (QED) is 0.648. The predicted octanol–water partition coefficient (Wildman–Crippen LogP) is 1.98. The van der Waals surface area contributed by atoms with Gasteiger partial charge in [-0.25, -0.2) is 4.98 Å². The standard InChI is InChI=1S/C20H31N5O/c1-20(2)17(15-7-6-14-26-18(15)20)23-19(21-3)25-12-10-24(11-13-25)16-8-4-5-9-22-16/h4-5,8-9,15,17-18H,6-7,10-14H2,1-3H3,(H,21,23). The molecule has 1 aliphatic carbocycles. The topological polar surface area (TPSA) is 53.0 Å². The molecule has 1 aromatic heterocycles. The maximum Gasteiger partial charge on any atom is 0.194 e. The van der Waals surface area contributed by atoms with E-state index in [0.717, 1.165) is 44.6 Å². The summed E-state index contributed by atoms with van der Waals surface area (Å²) in [5, 5.41) is 3.78. The molecule has 2 saturated heterocycles. The zero-order chi connectivity index (χ0) is 18.1. The Labute approximate surface area is 156 Å². The molecule has 0 radical (unpaired) electrons. The third-order valence-corrected chi connectivity index (χ3v) is 6.38. The van der Waals surface area contributed by atoms with Gasteiger partial charge in [0, 0.05) is 63.4 Å². The van der Waals surface area contributed by atoms with Gasteiger partial charge in [0.05, 0.1) is 6.10 Å². The zero-order valence-electron chi connectivity index (χ0n) is 16.2. The monoisotopic (exact) mass is 357 g/mol. The van der Waals surface area contributed by atoms with Crippen molar-refractivity contribution in [2.24, 2.45) is 16.3 Å². The summed E-state index contributed by atoms with van der Waals surface area (Å²) in [4.78, 5) is 13.8. The van der Waals surface area contributed by atoms with Gasteiger partial charge in [0.1, 0.15) is 5.82 Å². The first kappa shape index (κ1) is 17.6. The normalized spacial score (nSPS) is 31.2. The summed E-state index contributed by atoms with van der Waals surface area (Å²) in [5.41, 5.74) is 0.163. The molecule has 1 aromatic rings. The van der Waals surface area contributed by atoms with E-state index >= 15 is 0 Å². The molecule has 1 saturated carbocycles. The molecule has 3 heterocycles. The van der Waals surface area contributed by atoms with Crippen LogP contribution in [-0.4, -0.2) is 67.8 Å². The van der Waals surface area contributed by atoms with Gasteiger partial charge in [-0.05, 0) is 25.0 Å². The van der Waals surface area contributed by atoms with Crippen molar-refractivity contribution in [3.63, 3.8) is 0 Å². The van der Waals surface area contributed by atoms with E-state index in [1.54, 1.807) is 0 Å². The molecule has 3 atom stereocenters. The van der Waals surface area contributed by atoms with Gasteiger partial charge >= 0.3 is 0 Å². The van der Waals surface area contributed by atoms with Crippen LogP contribution in [0.4, 0.5) is 5.82 Å². The van der Waals surface area contributed by atoms with Crippen LogP contribution in [0.3, 0.4) is 0 Å². The number of guanidine groups is 1. The number of aromatic nitrogens is 1. The zero-order valence-corrected chi connectivity index (χ0v) is 16.2. The minimum atomic E-state index is 0.163. The summed E-state index contributed by atoms with van der Waals surface area (Å²) in [6.45, 7) is 9.44. The van der Waals surface area contributed by atoms with Crippen LogP contribution in [0.5, 0.6) is 0 Å². The Morgan fingerprint density at radius 1 is 1.27 bits per heavy atom. The van der Waals surface area contributed by atoms with Gasteiger partial charge in [-0.1, -0.05) is 19.9 Å². The van der Waals surface area contributed by atoms with E-state index in [1.165, 1.54) is 12.8 Å². The molecule has 0 spiro atoms. The smallest absolute Gasteiger partial charge is 0.194 e. The molecule has 0 aromatic carbocycles. The van der Waals surface area contributed by atoms with Crippen LogP contribution in [0.2, 0.25) is 0 Å². The molecular weight excluding hydrogens is 326 g/mol. The number of pyridine rings is 1. The van der Waals surface area contributed by atoms with Gasteiger partial charge in [-0.3, -0.25) is 4.99 Å². The number of hydrogen-bond acceptors (Lipinski definition) is 4. The molecule has 1 N–H and O–H groups in total. The van der Waals surface area contributed by atoms with Gasteiger partial charge in [0.2, 0.25) is 0 Å². The summed E-state index contributed by atoms with van der Waals surface area (Å²) in [6.07, 6.45) is 4.70. The second-order valence-electron chi connectivity index (χ2n) is 8.25. The van der Waals surface area contributed by atoms with Crippen molar-refractivity contribution in [3.05, 3.63) is 24.4 Å². The molecular formula is C20H31N5O. The number of nitrogens with zero attached hydrogens (tertiary/aromatic N) is 4. The largest absolute Gasteiger partial charge is 0.377 e. The molecule has 3 aliphatic rings. The fraction of sp³-hybridized carbons (Fsp3) is 0.700. The Balaban J connectivity index is 1.37. The van der Waals surface area contributed by atoms with E-state index in [4.69, 9.17) is 4.74 Å². The molecule has 2 aliphatic heterocycles. The van der Waals surface area contributed by atoms with E-state index in [1.807, 2.05) is 19.3 Å². The molecule has 6 heteroatoms. The maximum absolute atomic E-state index is 6.04. The Hall–Kier alpha value is -1.82. The van der Waals surface area contributed by atoms with E-state index < -0.39 is 0 Å². The molecule has 26 heavy (non-hydrogen) atoms. The van der Waals surface area contributed by atoms with E-state index in [2.05, 4.69) is 51.1 Å². The average Bonchev–Trinajstić information content (AvgIpc) is 2.69. The molecule has 3 fully saturated rings. The predicted molar refractivity (Wildman–Crippen MR) is 105 cm³/mol. The van der Waals surface area contributed by atoms with Gasteiger partial charge < -0.3 is 19.9 Å². The lowest BCUT2D eigenvalue weighted by atomic mass is 9.55. The Kier molecular flexibility index (Phi) is 4.78. The van der Waals surface area contributed by atoms with E-state index in [9.17, 15) is 0 Å². The highest BCUT2D eigenvalue weighted by Crippen LogP contribution is 2.51. The van der Waals surface area contributed by atoms with Gasteiger partial charge in [-0.15, -0.1) is 0 Å². The lowest BCUT2D eigenvalue weighted by Gasteiger charge is -2.60. The Morgan fingerprint density at radius 2 is 2.08 bits per heavy atom. The van der Waals surface area contributed by atoms with Crippen molar-refractivity contribution >= 4 is 11.8 Å². The summed E-state index contributed by atoms with van der Waals surface area (Å²) in [5.74, 6) is 2.72. The van der Waals surface area contributed by atoms with Crippen LogP contribution in [0, 0.1) is 11.3 Å². The van der Waals surface area contributed by atoms with Gasteiger partial charge in [0.15, 0.2) is 5.96 Å². The fourth-order valence-corrected chi connectivity index (χ4v) is 4.94. The molecule has 4 rings (SSSR count). The van der Waals surface area contributed by atoms with E-state index in [-0.39, 0.29) is 5.41 Å². The molecule has 6 nitrogen and oxygen atoms in total. The van der Waals surface area contributed by atoms with Crippen molar-refractivity contribution < 1.29 is 4.74 Å². The maximum atomic E-state index is 6.04. The van der Waals surface area contributed by atoms with Crippen LogP contribution in [0.1, 0.15) is 26.7 Å². The highest BCUT2D eigenvalue weighted by atomic mass is 16.5.